The van der Waals surface area contributed by atoms with E-state index in [0.29, 0.717) is 24.0 Å². The van der Waals surface area contributed by atoms with Crippen molar-refractivity contribution in [3.05, 3.63) is 17.9 Å². The van der Waals surface area contributed by atoms with Gasteiger partial charge in [-0.05, 0) is 32.1 Å². The fourth-order valence-corrected chi connectivity index (χ4v) is 2.54. The average molecular weight is 267 g/mol. The van der Waals surface area contributed by atoms with E-state index in [1.807, 2.05) is 6.92 Å². The first-order valence-corrected chi connectivity index (χ1v) is 7.00. The summed E-state index contributed by atoms with van der Waals surface area (Å²) in [6, 6.07) is 2.84. The van der Waals surface area contributed by atoms with Crippen molar-refractivity contribution in [1.82, 2.24) is 0 Å². The van der Waals surface area contributed by atoms with Crippen LogP contribution >= 0.6 is 0 Å². The molecule has 0 amide bonds. The summed E-state index contributed by atoms with van der Waals surface area (Å²) in [6.07, 6.45) is 4.79. The van der Waals surface area contributed by atoms with Crippen molar-refractivity contribution in [3.8, 4) is 11.5 Å². The molecule has 2 unspecified atom stereocenters. The van der Waals surface area contributed by atoms with Gasteiger partial charge in [-0.1, -0.05) is 13.3 Å². The van der Waals surface area contributed by atoms with Crippen LogP contribution < -0.4 is 15.2 Å². The summed E-state index contributed by atoms with van der Waals surface area (Å²) in [6.45, 7) is 4.42. The Morgan fingerprint density at radius 3 is 2.68 bits per heavy atom. The van der Waals surface area contributed by atoms with Crippen LogP contribution in [0, 0.1) is 11.7 Å². The second-order valence-corrected chi connectivity index (χ2v) is 5.17. The van der Waals surface area contributed by atoms with Gasteiger partial charge in [-0.25, -0.2) is 4.39 Å². The summed E-state index contributed by atoms with van der Waals surface area (Å²) in [5.41, 5.74) is 6.16. The standard InChI is InChI=1S/C15H22FNO2/c1-3-18-14-9-15(12(17)8-11(14)16)19-13-7-5-4-6-10(13)2/h8-10,13H,3-7,17H2,1-2H3. The van der Waals surface area contributed by atoms with E-state index in [2.05, 4.69) is 6.92 Å². The molecule has 1 saturated carbocycles. The van der Waals surface area contributed by atoms with Crippen molar-refractivity contribution in [2.24, 2.45) is 5.92 Å². The lowest BCUT2D eigenvalue weighted by Gasteiger charge is -2.29. The Labute approximate surface area is 113 Å². The van der Waals surface area contributed by atoms with E-state index in [1.165, 1.54) is 25.3 Å². The van der Waals surface area contributed by atoms with Gasteiger partial charge in [0.25, 0.3) is 0 Å². The highest BCUT2D eigenvalue weighted by Crippen LogP contribution is 2.34. The van der Waals surface area contributed by atoms with Gasteiger partial charge in [0.15, 0.2) is 11.6 Å². The van der Waals surface area contributed by atoms with Crippen molar-refractivity contribution < 1.29 is 13.9 Å². The molecule has 0 bridgehead atoms. The maximum Gasteiger partial charge on any atom is 0.167 e. The van der Waals surface area contributed by atoms with E-state index in [4.69, 9.17) is 15.2 Å². The van der Waals surface area contributed by atoms with E-state index in [0.717, 1.165) is 6.42 Å². The Kier molecular flexibility index (Phi) is 4.51. The molecule has 0 radical (unpaired) electrons. The van der Waals surface area contributed by atoms with Crippen molar-refractivity contribution in [2.45, 2.75) is 45.6 Å². The number of anilines is 1. The van der Waals surface area contributed by atoms with Crippen molar-refractivity contribution in [2.75, 3.05) is 12.3 Å². The van der Waals surface area contributed by atoms with Crippen LogP contribution in [0.2, 0.25) is 0 Å². The highest BCUT2D eigenvalue weighted by Gasteiger charge is 2.24. The fraction of sp³-hybridized carbons (Fsp3) is 0.600. The molecule has 106 valence electrons. The van der Waals surface area contributed by atoms with Gasteiger partial charge in [0, 0.05) is 12.1 Å². The third-order valence-corrected chi connectivity index (χ3v) is 3.68. The van der Waals surface area contributed by atoms with Crippen molar-refractivity contribution >= 4 is 5.69 Å². The van der Waals surface area contributed by atoms with Gasteiger partial charge >= 0.3 is 0 Å². The molecule has 1 aromatic rings. The van der Waals surface area contributed by atoms with Crippen LogP contribution in [0.15, 0.2) is 12.1 Å². The molecular weight excluding hydrogens is 245 g/mol. The van der Waals surface area contributed by atoms with E-state index in [1.54, 1.807) is 6.07 Å². The van der Waals surface area contributed by atoms with Gasteiger partial charge in [0.1, 0.15) is 11.9 Å². The summed E-state index contributed by atoms with van der Waals surface area (Å²) in [5, 5.41) is 0. The predicted molar refractivity (Wildman–Crippen MR) is 74.0 cm³/mol. The smallest absolute Gasteiger partial charge is 0.167 e. The van der Waals surface area contributed by atoms with Gasteiger partial charge in [0.05, 0.1) is 12.3 Å². The first kappa shape index (κ1) is 14.0. The Morgan fingerprint density at radius 2 is 2.00 bits per heavy atom. The molecule has 0 spiro atoms. The Morgan fingerprint density at radius 1 is 1.26 bits per heavy atom. The summed E-state index contributed by atoms with van der Waals surface area (Å²) in [7, 11) is 0. The number of rotatable bonds is 4. The molecule has 2 atom stereocenters. The molecule has 4 heteroatoms. The SMILES string of the molecule is CCOc1cc(OC2CCCCC2C)c(N)cc1F. The second kappa shape index (κ2) is 6.13. The summed E-state index contributed by atoms with van der Waals surface area (Å²) < 4.78 is 24.8. The van der Waals surface area contributed by atoms with Gasteiger partial charge in [-0.2, -0.15) is 0 Å². The quantitative estimate of drug-likeness (QED) is 0.845. The maximum atomic E-state index is 13.6. The molecule has 19 heavy (non-hydrogen) atoms. The Hall–Kier alpha value is -1.45. The molecule has 0 saturated heterocycles. The number of nitrogen functional groups attached to an aromatic ring is 1. The third kappa shape index (κ3) is 3.31. The Balaban J connectivity index is 2.16. The van der Waals surface area contributed by atoms with Crippen LogP contribution in [-0.4, -0.2) is 12.7 Å². The zero-order valence-corrected chi connectivity index (χ0v) is 11.6. The fourth-order valence-electron chi connectivity index (χ4n) is 2.54. The van der Waals surface area contributed by atoms with Crippen LogP contribution in [0.5, 0.6) is 11.5 Å². The number of hydrogen-bond donors (Lipinski definition) is 1. The first-order valence-electron chi connectivity index (χ1n) is 7.00. The third-order valence-electron chi connectivity index (χ3n) is 3.68. The highest BCUT2D eigenvalue weighted by atomic mass is 19.1. The molecule has 1 fully saturated rings. The zero-order chi connectivity index (χ0) is 13.8. The first-order chi connectivity index (χ1) is 9.11. The van der Waals surface area contributed by atoms with E-state index in [-0.39, 0.29) is 11.9 Å². The topological polar surface area (TPSA) is 44.5 Å². The molecular formula is C15H22FNO2. The molecule has 3 nitrogen and oxygen atoms in total. The van der Waals surface area contributed by atoms with E-state index >= 15 is 0 Å². The van der Waals surface area contributed by atoms with Crippen LogP contribution in [0.25, 0.3) is 0 Å². The summed E-state index contributed by atoms with van der Waals surface area (Å²) in [5.74, 6) is 0.802. The number of halogens is 1. The largest absolute Gasteiger partial charge is 0.491 e. The number of hydrogen-bond acceptors (Lipinski definition) is 3. The van der Waals surface area contributed by atoms with Crippen LogP contribution in [-0.2, 0) is 0 Å². The van der Waals surface area contributed by atoms with Gasteiger partial charge in [-0.15, -0.1) is 0 Å². The Bertz CT molecular complexity index is 436. The zero-order valence-electron chi connectivity index (χ0n) is 11.6. The lowest BCUT2D eigenvalue weighted by Crippen LogP contribution is -2.28. The van der Waals surface area contributed by atoms with Crippen molar-refractivity contribution in [3.63, 3.8) is 0 Å². The normalized spacial score (nSPS) is 23.1. The lowest BCUT2D eigenvalue weighted by atomic mass is 9.88. The molecule has 0 aliphatic heterocycles. The maximum absolute atomic E-state index is 13.6. The number of benzene rings is 1. The number of nitrogens with two attached hydrogens (primary N) is 1. The van der Waals surface area contributed by atoms with Gasteiger partial charge < -0.3 is 15.2 Å². The molecule has 0 aromatic heterocycles. The van der Waals surface area contributed by atoms with E-state index in [9.17, 15) is 4.39 Å². The molecule has 2 rings (SSSR count). The highest BCUT2D eigenvalue weighted by molar-refractivity contribution is 5.56. The van der Waals surface area contributed by atoms with Gasteiger partial charge in [0.2, 0.25) is 0 Å². The van der Waals surface area contributed by atoms with Crippen LogP contribution in [0.4, 0.5) is 10.1 Å². The molecule has 2 N–H and O–H groups in total. The summed E-state index contributed by atoms with van der Waals surface area (Å²) >= 11 is 0. The minimum absolute atomic E-state index is 0.163. The lowest BCUT2D eigenvalue weighted by molar-refractivity contribution is 0.103. The van der Waals surface area contributed by atoms with E-state index < -0.39 is 5.82 Å². The summed E-state index contributed by atoms with van der Waals surface area (Å²) in [4.78, 5) is 0. The molecule has 1 aromatic carbocycles. The van der Waals surface area contributed by atoms with Crippen LogP contribution in [0.1, 0.15) is 39.5 Å². The minimum atomic E-state index is -0.441. The predicted octanol–water partition coefficient (Wildman–Crippen LogP) is 3.76. The molecule has 1 aliphatic rings. The monoisotopic (exact) mass is 267 g/mol. The second-order valence-electron chi connectivity index (χ2n) is 5.17. The van der Waals surface area contributed by atoms with Crippen molar-refractivity contribution in [1.29, 1.82) is 0 Å². The van der Waals surface area contributed by atoms with Crippen LogP contribution in [0.3, 0.4) is 0 Å². The average Bonchev–Trinajstić information content (AvgIpc) is 2.38. The molecule has 0 heterocycles. The minimum Gasteiger partial charge on any atom is -0.491 e. The number of ether oxygens (including phenoxy) is 2. The molecule has 1 aliphatic carbocycles. The van der Waals surface area contributed by atoms with Gasteiger partial charge in [-0.3, -0.25) is 0 Å².